The van der Waals surface area contributed by atoms with Gasteiger partial charge in [-0.05, 0) is 67.3 Å². The lowest BCUT2D eigenvalue weighted by Gasteiger charge is -2.26. The van der Waals surface area contributed by atoms with Gasteiger partial charge in [0.05, 0.1) is 32.4 Å². The van der Waals surface area contributed by atoms with Gasteiger partial charge in [-0.25, -0.2) is 0 Å². The molecule has 1 atom stereocenters. The zero-order chi connectivity index (χ0) is 27.2. The van der Waals surface area contributed by atoms with Gasteiger partial charge in [0.25, 0.3) is 11.7 Å². The maximum Gasteiger partial charge on any atom is 0.295 e. The second-order valence-electron chi connectivity index (χ2n) is 9.16. The number of likely N-dealkylation sites (tertiary alicyclic amines) is 1. The SMILES string of the molecule is CCCOc1ccc(/C(O)=C2\C(=O)C(=O)N(CCc3ccc(OC)cc3)C2c2ccccc2OC)cc1C. The Morgan fingerprint density at radius 2 is 1.68 bits per heavy atom. The Bertz CT molecular complexity index is 1340. The summed E-state index contributed by atoms with van der Waals surface area (Å²) in [6, 6.07) is 19.3. The Hall–Kier alpha value is -4.26. The average molecular weight is 516 g/mol. The van der Waals surface area contributed by atoms with Crippen LogP contribution in [0.25, 0.3) is 5.76 Å². The van der Waals surface area contributed by atoms with E-state index in [1.807, 2.05) is 56.3 Å². The molecule has 1 amide bonds. The van der Waals surface area contributed by atoms with Crippen molar-refractivity contribution < 1.29 is 28.9 Å². The topological polar surface area (TPSA) is 85.3 Å². The van der Waals surface area contributed by atoms with Crippen LogP contribution in [0, 0.1) is 6.92 Å². The molecular formula is C31H33NO6. The van der Waals surface area contributed by atoms with Crippen LogP contribution >= 0.6 is 0 Å². The van der Waals surface area contributed by atoms with Crippen LogP contribution in [0.1, 0.15) is 41.6 Å². The van der Waals surface area contributed by atoms with Crippen LogP contribution in [0.5, 0.6) is 17.2 Å². The van der Waals surface area contributed by atoms with Gasteiger partial charge < -0.3 is 24.2 Å². The van der Waals surface area contributed by atoms with Crippen LogP contribution in [0.2, 0.25) is 0 Å². The molecule has 1 aliphatic heterocycles. The van der Waals surface area contributed by atoms with Crippen LogP contribution < -0.4 is 14.2 Å². The summed E-state index contributed by atoms with van der Waals surface area (Å²) in [5.74, 6) is 0.373. The van der Waals surface area contributed by atoms with E-state index >= 15 is 0 Å². The number of carbonyl (C=O) groups is 2. The van der Waals surface area contributed by atoms with Crippen molar-refractivity contribution in [3.63, 3.8) is 0 Å². The monoisotopic (exact) mass is 515 g/mol. The van der Waals surface area contributed by atoms with Crippen LogP contribution in [0.4, 0.5) is 0 Å². The summed E-state index contributed by atoms with van der Waals surface area (Å²) >= 11 is 0. The Balaban J connectivity index is 1.76. The number of nitrogens with zero attached hydrogens (tertiary/aromatic N) is 1. The van der Waals surface area contributed by atoms with Gasteiger partial charge in [0.15, 0.2) is 0 Å². The van der Waals surface area contributed by atoms with Crippen molar-refractivity contribution >= 4 is 17.4 Å². The summed E-state index contributed by atoms with van der Waals surface area (Å²) in [6.07, 6.45) is 1.39. The molecule has 0 bridgehead atoms. The van der Waals surface area contributed by atoms with Crippen molar-refractivity contribution in [1.82, 2.24) is 4.90 Å². The average Bonchev–Trinajstić information content (AvgIpc) is 3.20. The van der Waals surface area contributed by atoms with Crippen molar-refractivity contribution in [2.75, 3.05) is 27.4 Å². The summed E-state index contributed by atoms with van der Waals surface area (Å²) < 4.78 is 16.6. The number of Topliss-reactive ketones (excluding diaryl/α,β-unsaturated/α-hetero) is 1. The first kappa shape index (κ1) is 26.8. The molecule has 0 radical (unpaired) electrons. The molecule has 0 aromatic heterocycles. The number of aliphatic hydroxyl groups excluding tert-OH is 1. The number of carbonyl (C=O) groups excluding carboxylic acids is 2. The van der Waals surface area contributed by atoms with Gasteiger partial charge in [-0.1, -0.05) is 37.3 Å². The standard InChI is InChI=1S/C31H33NO6/c1-5-18-38-25-15-12-22(19-20(25)2)29(33)27-28(24-8-6-7-9-26(24)37-4)32(31(35)30(27)34)17-16-21-10-13-23(36-3)14-11-21/h6-15,19,28,33H,5,16-18H2,1-4H3/b29-27+. The van der Waals surface area contributed by atoms with E-state index in [4.69, 9.17) is 14.2 Å². The normalized spacial score (nSPS) is 16.5. The van der Waals surface area contributed by atoms with Gasteiger partial charge in [0.1, 0.15) is 23.0 Å². The highest BCUT2D eigenvalue weighted by Gasteiger charge is 2.46. The lowest BCUT2D eigenvalue weighted by Crippen LogP contribution is -2.31. The van der Waals surface area contributed by atoms with Crippen molar-refractivity contribution in [3.05, 3.63) is 94.6 Å². The van der Waals surface area contributed by atoms with Crippen molar-refractivity contribution in [2.45, 2.75) is 32.7 Å². The molecule has 7 heteroatoms. The molecule has 1 unspecified atom stereocenters. The van der Waals surface area contributed by atoms with E-state index in [9.17, 15) is 14.7 Å². The van der Waals surface area contributed by atoms with Crippen LogP contribution in [-0.2, 0) is 16.0 Å². The van der Waals surface area contributed by atoms with E-state index in [0.29, 0.717) is 35.7 Å². The Labute approximate surface area is 223 Å². The zero-order valence-electron chi connectivity index (χ0n) is 22.2. The number of para-hydroxylation sites is 1. The second-order valence-corrected chi connectivity index (χ2v) is 9.16. The number of hydrogen-bond acceptors (Lipinski definition) is 6. The number of hydrogen-bond donors (Lipinski definition) is 1. The van der Waals surface area contributed by atoms with Gasteiger partial charge in [-0.15, -0.1) is 0 Å². The fourth-order valence-corrected chi connectivity index (χ4v) is 4.69. The molecule has 1 aliphatic rings. The fraction of sp³-hybridized carbons (Fsp3) is 0.290. The van der Waals surface area contributed by atoms with E-state index in [1.54, 1.807) is 38.5 Å². The molecule has 0 aliphatic carbocycles. The largest absolute Gasteiger partial charge is 0.507 e. The number of amides is 1. The Morgan fingerprint density at radius 1 is 0.947 bits per heavy atom. The molecule has 0 spiro atoms. The summed E-state index contributed by atoms with van der Waals surface area (Å²) in [5.41, 5.74) is 2.93. The molecule has 38 heavy (non-hydrogen) atoms. The predicted octanol–water partition coefficient (Wildman–Crippen LogP) is 5.47. The molecule has 3 aromatic carbocycles. The minimum atomic E-state index is -0.805. The minimum absolute atomic E-state index is 0.0378. The van der Waals surface area contributed by atoms with Crippen molar-refractivity contribution in [2.24, 2.45) is 0 Å². The van der Waals surface area contributed by atoms with Crippen LogP contribution in [-0.4, -0.2) is 49.1 Å². The third-order valence-corrected chi connectivity index (χ3v) is 6.68. The van der Waals surface area contributed by atoms with Crippen molar-refractivity contribution in [3.8, 4) is 17.2 Å². The molecule has 198 valence electrons. The number of aryl methyl sites for hydroxylation is 1. The van der Waals surface area contributed by atoms with E-state index in [2.05, 4.69) is 0 Å². The highest BCUT2D eigenvalue weighted by atomic mass is 16.5. The fourth-order valence-electron chi connectivity index (χ4n) is 4.69. The highest BCUT2D eigenvalue weighted by Crippen LogP contribution is 2.43. The predicted molar refractivity (Wildman–Crippen MR) is 146 cm³/mol. The first-order chi connectivity index (χ1) is 18.4. The van der Waals surface area contributed by atoms with Gasteiger partial charge >= 0.3 is 0 Å². The lowest BCUT2D eigenvalue weighted by atomic mass is 9.94. The van der Waals surface area contributed by atoms with Crippen LogP contribution in [0.3, 0.4) is 0 Å². The molecule has 1 heterocycles. The van der Waals surface area contributed by atoms with Crippen molar-refractivity contribution in [1.29, 1.82) is 0 Å². The van der Waals surface area contributed by atoms with Gasteiger partial charge in [0, 0.05) is 17.7 Å². The molecule has 7 nitrogen and oxygen atoms in total. The summed E-state index contributed by atoms with van der Waals surface area (Å²) in [7, 11) is 3.15. The third-order valence-electron chi connectivity index (χ3n) is 6.68. The quantitative estimate of drug-likeness (QED) is 0.219. The number of aliphatic hydroxyl groups is 1. The summed E-state index contributed by atoms with van der Waals surface area (Å²) in [4.78, 5) is 28.3. The number of benzene rings is 3. The number of ether oxygens (including phenoxy) is 3. The molecule has 4 rings (SSSR count). The zero-order valence-corrected chi connectivity index (χ0v) is 22.2. The number of methoxy groups -OCH3 is 2. The van der Waals surface area contributed by atoms with E-state index in [0.717, 1.165) is 23.3 Å². The van der Waals surface area contributed by atoms with Gasteiger partial charge in [-0.2, -0.15) is 0 Å². The first-order valence-electron chi connectivity index (χ1n) is 12.7. The first-order valence-corrected chi connectivity index (χ1v) is 12.7. The second kappa shape index (κ2) is 11.9. The molecule has 1 fully saturated rings. The lowest BCUT2D eigenvalue weighted by molar-refractivity contribution is -0.139. The molecule has 0 saturated carbocycles. The van der Waals surface area contributed by atoms with Crippen LogP contribution in [0.15, 0.2) is 72.3 Å². The third kappa shape index (κ3) is 5.37. The van der Waals surface area contributed by atoms with E-state index < -0.39 is 17.7 Å². The van der Waals surface area contributed by atoms with Gasteiger partial charge in [0.2, 0.25) is 0 Å². The molecule has 1 saturated heterocycles. The number of rotatable bonds is 10. The highest BCUT2D eigenvalue weighted by molar-refractivity contribution is 6.46. The molecular weight excluding hydrogens is 482 g/mol. The minimum Gasteiger partial charge on any atom is -0.507 e. The molecule has 3 aromatic rings. The Morgan fingerprint density at radius 3 is 2.34 bits per heavy atom. The summed E-state index contributed by atoms with van der Waals surface area (Å²) in [5, 5.41) is 11.4. The van der Waals surface area contributed by atoms with Gasteiger partial charge in [-0.3, -0.25) is 9.59 Å². The Kier molecular flexibility index (Phi) is 8.36. The summed E-state index contributed by atoms with van der Waals surface area (Å²) in [6.45, 7) is 4.77. The molecule has 1 N–H and O–H groups in total. The van der Waals surface area contributed by atoms with E-state index in [1.165, 1.54) is 4.90 Å². The number of ketones is 1. The maximum absolute atomic E-state index is 13.4. The maximum atomic E-state index is 13.4. The smallest absolute Gasteiger partial charge is 0.295 e. The van der Waals surface area contributed by atoms with E-state index in [-0.39, 0.29) is 17.9 Å².